The molecule has 0 unspecified atom stereocenters. The van der Waals surface area contributed by atoms with Gasteiger partial charge in [0.2, 0.25) is 5.76 Å². The van der Waals surface area contributed by atoms with E-state index in [-0.39, 0.29) is 5.76 Å². The molecule has 1 aromatic heterocycles. The average molecular weight is 275 g/mol. The number of ether oxygens (including phenoxy) is 2. The number of carboxylic acids is 1. The van der Waals surface area contributed by atoms with Gasteiger partial charge in [-0.1, -0.05) is 5.16 Å². The van der Waals surface area contributed by atoms with E-state index in [4.69, 9.17) is 19.1 Å². The topological polar surface area (TPSA) is 81.8 Å². The molecular weight excluding hydrogens is 262 g/mol. The normalized spacial score (nSPS) is 13.8. The van der Waals surface area contributed by atoms with E-state index in [0.29, 0.717) is 24.7 Å². The fourth-order valence-electron chi connectivity index (χ4n) is 2.11. The molecule has 0 aliphatic carbocycles. The van der Waals surface area contributed by atoms with E-state index in [1.165, 1.54) is 6.07 Å². The molecule has 2 heterocycles. The Bertz CT molecular complexity index is 662. The number of hydrogen-bond donors (Lipinski definition) is 1. The van der Waals surface area contributed by atoms with Crippen molar-refractivity contribution in [3.63, 3.8) is 0 Å². The number of nitrogens with zero attached hydrogens (tertiary/aromatic N) is 1. The SMILES string of the molecule is Cc1cc(-c2cc(C(=O)O)on2)cc2c1OCCCO2. The summed E-state index contributed by atoms with van der Waals surface area (Å²) in [6.07, 6.45) is 0.830. The predicted octanol–water partition coefficient (Wildman–Crippen LogP) is 2.51. The highest BCUT2D eigenvalue weighted by atomic mass is 16.5. The smallest absolute Gasteiger partial charge is 0.374 e. The maximum absolute atomic E-state index is 10.8. The van der Waals surface area contributed by atoms with Gasteiger partial charge in [0, 0.05) is 18.1 Å². The van der Waals surface area contributed by atoms with Gasteiger partial charge in [0.25, 0.3) is 0 Å². The summed E-state index contributed by atoms with van der Waals surface area (Å²) in [4.78, 5) is 10.8. The van der Waals surface area contributed by atoms with E-state index >= 15 is 0 Å². The van der Waals surface area contributed by atoms with Gasteiger partial charge in [-0.05, 0) is 24.6 Å². The van der Waals surface area contributed by atoms with Crippen LogP contribution in [-0.2, 0) is 0 Å². The summed E-state index contributed by atoms with van der Waals surface area (Å²) in [5, 5.41) is 12.6. The molecule has 6 heteroatoms. The summed E-state index contributed by atoms with van der Waals surface area (Å²) in [7, 11) is 0. The second-order valence-corrected chi connectivity index (χ2v) is 4.55. The minimum absolute atomic E-state index is 0.190. The standard InChI is InChI=1S/C14H13NO5/c1-8-5-9(10-7-12(14(16)17)20-15-10)6-11-13(8)19-4-2-3-18-11/h5-7H,2-4H2,1H3,(H,16,17). The van der Waals surface area contributed by atoms with Crippen molar-refractivity contribution in [2.24, 2.45) is 0 Å². The summed E-state index contributed by atoms with van der Waals surface area (Å²) in [5.41, 5.74) is 2.11. The maximum atomic E-state index is 10.8. The first kappa shape index (κ1) is 12.5. The van der Waals surface area contributed by atoms with Gasteiger partial charge in [-0.25, -0.2) is 4.79 Å². The Kier molecular flexibility index (Phi) is 3.06. The van der Waals surface area contributed by atoms with E-state index in [1.807, 2.05) is 13.0 Å². The van der Waals surface area contributed by atoms with Gasteiger partial charge in [0.15, 0.2) is 11.5 Å². The van der Waals surface area contributed by atoms with Crippen LogP contribution in [0.5, 0.6) is 11.5 Å². The Morgan fingerprint density at radius 2 is 2.05 bits per heavy atom. The second kappa shape index (κ2) is 4.88. The number of carbonyl (C=O) groups is 1. The quantitative estimate of drug-likeness (QED) is 0.906. The van der Waals surface area contributed by atoms with Gasteiger partial charge in [-0.15, -0.1) is 0 Å². The van der Waals surface area contributed by atoms with Crippen molar-refractivity contribution in [2.45, 2.75) is 13.3 Å². The van der Waals surface area contributed by atoms with Crippen LogP contribution in [0.1, 0.15) is 22.5 Å². The third-order valence-corrected chi connectivity index (χ3v) is 3.05. The molecule has 0 radical (unpaired) electrons. The van der Waals surface area contributed by atoms with E-state index < -0.39 is 5.97 Å². The van der Waals surface area contributed by atoms with Crippen LogP contribution in [0.4, 0.5) is 0 Å². The van der Waals surface area contributed by atoms with Crippen LogP contribution in [0.25, 0.3) is 11.3 Å². The Morgan fingerprint density at radius 1 is 1.25 bits per heavy atom. The van der Waals surface area contributed by atoms with Crippen LogP contribution in [0.3, 0.4) is 0 Å². The first-order valence-electron chi connectivity index (χ1n) is 6.26. The Labute approximate surface area is 114 Å². The summed E-state index contributed by atoms with van der Waals surface area (Å²) in [6.45, 7) is 3.13. The monoisotopic (exact) mass is 275 g/mol. The van der Waals surface area contributed by atoms with Crippen molar-refractivity contribution in [1.82, 2.24) is 5.16 Å². The summed E-state index contributed by atoms with van der Waals surface area (Å²) in [5.74, 6) is 0.0464. The number of carboxylic acid groups (broad SMARTS) is 1. The number of aromatic carboxylic acids is 1. The van der Waals surface area contributed by atoms with Crippen LogP contribution in [0.15, 0.2) is 22.7 Å². The van der Waals surface area contributed by atoms with Gasteiger partial charge < -0.3 is 19.1 Å². The fraction of sp³-hybridized carbons (Fsp3) is 0.286. The average Bonchev–Trinajstić information content (AvgIpc) is 2.79. The largest absolute Gasteiger partial charge is 0.490 e. The summed E-state index contributed by atoms with van der Waals surface area (Å²) < 4.78 is 16.1. The molecule has 20 heavy (non-hydrogen) atoms. The molecular formula is C14H13NO5. The molecule has 0 atom stereocenters. The number of aromatic nitrogens is 1. The number of rotatable bonds is 2. The molecule has 6 nitrogen and oxygen atoms in total. The molecule has 0 amide bonds. The molecule has 0 spiro atoms. The van der Waals surface area contributed by atoms with Gasteiger partial charge in [0.05, 0.1) is 13.2 Å². The predicted molar refractivity (Wildman–Crippen MR) is 69.2 cm³/mol. The lowest BCUT2D eigenvalue weighted by atomic mass is 10.1. The zero-order chi connectivity index (χ0) is 14.1. The highest BCUT2D eigenvalue weighted by Gasteiger charge is 2.18. The van der Waals surface area contributed by atoms with Gasteiger partial charge in [0.1, 0.15) is 5.69 Å². The Morgan fingerprint density at radius 3 is 2.80 bits per heavy atom. The first-order chi connectivity index (χ1) is 9.65. The number of benzene rings is 1. The molecule has 0 saturated heterocycles. The van der Waals surface area contributed by atoms with Crippen molar-refractivity contribution < 1.29 is 23.9 Å². The lowest BCUT2D eigenvalue weighted by molar-refractivity contribution is 0.0652. The summed E-state index contributed by atoms with van der Waals surface area (Å²) in [6, 6.07) is 5.05. The Balaban J connectivity index is 2.03. The van der Waals surface area contributed by atoms with E-state index in [0.717, 1.165) is 23.3 Å². The fourth-order valence-corrected chi connectivity index (χ4v) is 2.11. The van der Waals surface area contributed by atoms with Crippen LogP contribution >= 0.6 is 0 Å². The third kappa shape index (κ3) is 2.20. The number of aryl methyl sites for hydroxylation is 1. The maximum Gasteiger partial charge on any atom is 0.374 e. The minimum Gasteiger partial charge on any atom is -0.490 e. The van der Waals surface area contributed by atoms with Crippen LogP contribution in [-0.4, -0.2) is 29.4 Å². The number of hydrogen-bond acceptors (Lipinski definition) is 5. The zero-order valence-electron chi connectivity index (χ0n) is 10.9. The first-order valence-corrected chi connectivity index (χ1v) is 6.26. The van der Waals surface area contributed by atoms with Gasteiger partial charge in [-0.3, -0.25) is 0 Å². The molecule has 2 aromatic rings. The van der Waals surface area contributed by atoms with Crippen molar-refractivity contribution >= 4 is 5.97 Å². The molecule has 0 fully saturated rings. The van der Waals surface area contributed by atoms with E-state index in [9.17, 15) is 4.79 Å². The minimum atomic E-state index is -1.14. The van der Waals surface area contributed by atoms with Crippen LogP contribution in [0, 0.1) is 6.92 Å². The molecule has 3 rings (SSSR count). The third-order valence-electron chi connectivity index (χ3n) is 3.05. The lowest BCUT2D eigenvalue weighted by Crippen LogP contribution is -1.97. The lowest BCUT2D eigenvalue weighted by Gasteiger charge is -2.11. The van der Waals surface area contributed by atoms with Crippen molar-refractivity contribution in [2.75, 3.05) is 13.2 Å². The zero-order valence-corrected chi connectivity index (χ0v) is 10.9. The Hall–Kier alpha value is -2.50. The van der Waals surface area contributed by atoms with Gasteiger partial charge >= 0.3 is 5.97 Å². The molecule has 1 N–H and O–H groups in total. The number of fused-ring (bicyclic) bond motifs is 1. The highest BCUT2D eigenvalue weighted by molar-refractivity contribution is 5.85. The molecule has 1 aromatic carbocycles. The highest BCUT2D eigenvalue weighted by Crippen LogP contribution is 2.37. The second-order valence-electron chi connectivity index (χ2n) is 4.55. The van der Waals surface area contributed by atoms with Crippen LogP contribution in [0.2, 0.25) is 0 Å². The summed E-state index contributed by atoms with van der Waals surface area (Å²) >= 11 is 0. The molecule has 1 aliphatic heterocycles. The van der Waals surface area contributed by atoms with E-state index in [2.05, 4.69) is 5.16 Å². The van der Waals surface area contributed by atoms with Crippen molar-refractivity contribution in [1.29, 1.82) is 0 Å². The van der Waals surface area contributed by atoms with Gasteiger partial charge in [-0.2, -0.15) is 0 Å². The van der Waals surface area contributed by atoms with E-state index in [1.54, 1.807) is 6.07 Å². The molecule has 104 valence electrons. The molecule has 0 bridgehead atoms. The van der Waals surface area contributed by atoms with Crippen LogP contribution < -0.4 is 9.47 Å². The van der Waals surface area contributed by atoms with Crippen molar-refractivity contribution in [3.05, 3.63) is 29.5 Å². The molecule has 0 saturated carbocycles. The molecule has 1 aliphatic rings. The van der Waals surface area contributed by atoms with Crippen molar-refractivity contribution in [3.8, 4) is 22.8 Å².